The Bertz CT molecular complexity index is 825. The molecule has 0 aliphatic heterocycles. The van der Waals surface area contributed by atoms with Crippen molar-refractivity contribution in [1.82, 2.24) is 9.88 Å². The number of amides is 1. The number of carbonyl (C=O) groups is 2. The van der Waals surface area contributed by atoms with E-state index in [9.17, 15) is 9.59 Å². The van der Waals surface area contributed by atoms with E-state index in [4.69, 9.17) is 4.74 Å². The van der Waals surface area contributed by atoms with Crippen molar-refractivity contribution in [1.29, 1.82) is 0 Å². The van der Waals surface area contributed by atoms with Gasteiger partial charge in [-0.15, -0.1) is 0 Å². The van der Waals surface area contributed by atoms with Crippen molar-refractivity contribution in [2.24, 2.45) is 0 Å². The number of carbonyl (C=O) groups excluding carboxylic acids is 2. The van der Waals surface area contributed by atoms with E-state index in [1.165, 1.54) is 29.5 Å². The summed E-state index contributed by atoms with van der Waals surface area (Å²) in [6.07, 6.45) is 7.69. The average Bonchev–Trinajstić information content (AvgIpc) is 2.99. The van der Waals surface area contributed by atoms with E-state index in [-0.39, 0.29) is 24.5 Å². The molecule has 0 radical (unpaired) electrons. The van der Waals surface area contributed by atoms with E-state index in [2.05, 4.69) is 28.9 Å². The minimum atomic E-state index is -0.200. The SMILES string of the molecule is CCCCCCC(=O)N[C@H]1CCc2c(c3ccccc3n2CC(=O)OCC)C1. The van der Waals surface area contributed by atoms with Gasteiger partial charge in [0.05, 0.1) is 6.61 Å². The van der Waals surface area contributed by atoms with Gasteiger partial charge >= 0.3 is 5.97 Å². The Morgan fingerprint density at radius 1 is 1.18 bits per heavy atom. The highest BCUT2D eigenvalue weighted by Crippen LogP contribution is 2.32. The molecule has 1 aliphatic rings. The van der Waals surface area contributed by atoms with Gasteiger partial charge in [-0.05, 0) is 44.2 Å². The first-order valence-electron chi connectivity index (χ1n) is 10.7. The summed E-state index contributed by atoms with van der Waals surface area (Å²) in [7, 11) is 0. The van der Waals surface area contributed by atoms with Crippen LogP contribution in [0.2, 0.25) is 0 Å². The van der Waals surface area contributed by atoms with Crippen molar-refractivity contribution in [3.63, 3.8) is 0 Å². The van der Waals surface area contributed by atoms with Crippen molar-refractivity contribution < 1.29 is 14.3 Å². The fraction of sp³-hybridized carbons (Fsp3) is 0.565. The summed E-state index contributed by atoms with van der Waals surface area (Å²) in [5, 5.41) is 4.42. The van der Waals surface area contributed by atoms with Gasteiger partial charge in [0.15, 0.2) is 0 Å². The minimum absolute atomic E-state index is 0.166. The summed E-state index contributed by atoms with van der Waals surface area (Å²) in [4.78, 5) is 24.4. The Kier molecular flexibility index (Phi) is 7.12. The molecule has 152 valence electrons. The highest BCUT2D eigenvalue weighted by molar-refractivity contribution is 5.87. The van der Waals surface area contributed by atoms with Gasteiger partial charge in [0, 0.05) is 29.1 Å². The Labute approximate surface area is 167 Å². The summed E-state index contributed by atoms with van der Waals surface area (Å²) >= 11 is 0. The predicted octanol–water partition coefficient (Wildman–Crippen LogP) is 4.15. The molecule has 5 nitrogen and oxygen atoms in total. The lowest BCUT2D eigenvalue weighted by molar-refractivity contribution is -0.143. The fourth-order valence-electron chi connectivity index (χ4n) is 4.25. The molecule has 2 aromatic rings. The number of hydrogen-bond donors (Lipinski definition) is 1. The number of hydrogen-bond acceptors (Lipinski definition) is 3. The van der Waals surface area contributed by atoms with E-state index in [0.29, 0.717) is 13.0 Å². The van der Waals surface area contributed by atoms with Crippen LogP contribution in [0.5, 0.6) is 0 Å². The number of para-hydroxylation sites is 1. The van der Waals surface area contributed by atoms with Gasteiger partial charge in [-0.2, -0.15) is 0 Å². The second-order valence-corrected chi connectivity index (χ2v) is 7.65. The zero-order chi connectivity index (χ0) is 19.9. The summed E-state index contributed by atoms with van der Waals surface area (Å²) in [5.74, 6) is -0.0339. The molecule has 0 bridgehead atoms. The molecule has 1 aromatic heterocycles. The van der Waals surface area contributed by atoms with Crippen LogP contribution in [0.25, 0.3) is 10.9 Å². The molecule has 5 heteroatoms. The Morgan fingerprint density at radius 3 is 2.79 bits per heavy atom. The summed E-state index contributed by atoms with van der Waals surface area (Å²) in [6.45, 7) is 4.65. The van der Waals surface area contributed by atoms with Gasteiger partial charge in [-0.3, -0.25) is 9.59 Å². The van der Waals surface area contributed by atoms with Crippen LogP contribution in [0.1, 0.15) is 63.6 Å². The third-order valence-electron chi connectivity index (χ3n) is 5.59. The van der Waals surface area contributed by atoms with E-state index >= 15 is 0 Å². The number of nitrogens with one attached hydrogen (secondary N) is 1. The van der Waals surface area contributed by atoms with Crippen LogP contribution >= 0.6 is 0 Å². The molecule has 1 aromatic carbocycles. The maximum atomic E-state index is 12.3. The zero-order valence-electron chi connectivity index (χ0n) is 17.1. The van der Waals surface area contributed by atoms with Gasteiger partial charge in [0.2, 0.25) is 5.91 Å². The number of unbranched alkanes of at least 4 members (excludes halogenated alkanes) is 3. The minimum Gasteiger partial charge on any atom is -0.465 e. The second-order valence-electron chi connectivity index (χ2n) is 7.65. The molecule has 1 amide bonds. The summed E-state index contributed by atoms with van der Waals surface area (Å²) in [5.41, 5.74) is 3.55. The van der Waals surface area contributed by atoms with Crippen LogP contribution < -0.4 is 5.32 Å². The predicted molar refractivity (Wildman–Crippen MR) is 111 cm³/mol. The highest BCUT2D eigenvalue weighted by Gasteiger charge is 2.27. The molecule has 1 aliphatic carbocycles. The van der Waals surface area contributed by atoms with E-state index in [0.717, 1.165) is 37.6 Å². The lowest BCUT2D eigenvalue weighted by Crippen LogP contribution is -2.39. The van der Waals surface area contributed by atoms with Gasteiger partial charge < -0.3 is 14.6 Å². The average molecular weight is 385 g/mol. The van der Waals surface area contributed by atoms with E-state index < -0.39 is 0 Å². The first kappa shape index (κ1) is 20.4. The Hall–Kier alpha value is -2.30. The van der Waals surface area contributed by atoms with Gasteiger partial charge in [0.1, 0.15) is 6.54 Å². The number of rotatable bonds is 9. The Balaban J connectivity index is 1.72. The number of esters is 1. The number of ether oxygens (including phenoxy) is 1. The first-order chi connectivity index (χ1) is 13.6. The van der Waals surface area contributed by atoms with Crippen molar-refractivity contribution in [3.05, 3.63) is 35.5 Å². The zero-order valence-corrected chi connectivity index (χ0v) is 17.1. The van der Waals surface area contributed by atoms with Crippen LogP contribution in [-0.4, -0.2) is 29.1 Å². The molecular weight excluding hydrogens is 352 g/mol. The molecule has 0 saturated heterocycles. The molecule has 0 fully saturated rings. The molecule has 0 saturated carbocycles. The topological polar surface area (TPSA) is 60.3 Å². The van der Waals surface area contributed by atoms with Crippen molar-refractivity contribution in [2.45, 2.75) is 77.8 Å². The highest BCUT2D eigenvalue weighted by atomic mass is 16.5. The fourth-order valence-corrected chi connectivity index (χ4v) is 4.25. The van der Waals surface area contributed by atoms with Gasteiger partial charge in [-0.25, -0.2) is 0 Å². The van der Waals surface area contributed by atoms with Crippen LogP contribution in [0.15, 0.2) is 24.3 Å². The lowest BCUT2D eigenvalue weighted by Gasteiger charge is -2.25. The molecule has 1 N–H and O–H groups in total. The quantitative estimate of drug-likeness (QED) is 0.522. The van der Waals surface area contributed by atoms with Crippen molar-refractivity contribution in [2.75, 3.05) is 6.61 Å². The summed E-state index contributed by atoms with van der Waals surface area (Å²) in [6, 6.07) is 8.39. The molecule has 0 spiro atoms. The normalized spacial score (nSPS) is 16.0. The standard InChI is InChI=1S/C23H32N2O3/c1-3-5-6-7-12-22(26)24-17-13-14-21-19(15-17)18-10-8-9-11-20(18)25(21)16-23(27)28-4-2/h8-11,17H,3-7,12-16H2,1-2H3,(H,24,26)/t17-/m0/s1. The van der Waals surface area contributed by atoms with Crippen LogP contribution in [0.4, 0.5) is 0 Å². The largest absolute Gasteiger partial charge is 0.465 e. The van der Waals surface area contributed by atoms with E-state index in [1.807, 2.05) is 19.1 Å². The smallest absolute Gasteiger partial charge is 0.325 e. The molecule has 3 rings (SSSR count). The third-order valence-corrected chi connectivity index (χ3v) is 5.59. The maximum absolute atomic E-state index is 12.3. The Morgan fingerprint density at radius 2 is 2.00 bits per heavy atom. The molecule has 1 heterocycles. The number of aromatic nitrogens is 1. The molecule has 0 unspecified atom stereocenters. The lowest BCUT2D eigenvalue weighted by atomic mass is 9.91. The van der Waals surface area contributed by atoms with Crippen molar-refractivity contribution >= 4 is 22.8 Å². The first-order valence-corrected chi connectivity index (χ1v) is 10.7. The van der Waals surface area contributed by atoms with Gasteiger partial charge in [0.25, 0.3) is 0 Å². The third kappa shape index (κ3) is 4.75. The molecule has 1 atom stereocenters. The second kappa shape index (κ2) is 9.76. The number of benzene rings is 1. The monoisotopic (exact) mass is 384 g/mol. The molecular formula is C23H32N2O3. The van der Waals surface area contributed by atoms with Crippen LogP contribution in [0.3, 0.4) is 0 Å². The summed E-state index contributed by atoms with van der Waals surface area (Å²) < 4.78 is 7.27. The van der Waals surface area contributed by atoms with Crippen molar-refractivity contribution in [3.8, 4) is 0 Å². The maximum Gasteiger partial charge on any atom is 0.325 e. The number of fused-ring (bicyclic) bond motifs is 3. The van der Waals surface area contributed by atoms with Gasteiger partial charge in [-0.1, -0.05) is 44.4 Å². The van der Waals surface area contributed by atoms with Crippen LogP contribution in [0, 0.1) is 0 Å². The molecule has 28 heavy (non-hydrogen) atoms. The van der Waals surface area contributed by atoms with Crippen LogP contribution in [-0.2, 0) is 33.7 Å². The van der Waals surface area contributed by atoms with E-state index in [1.54, 1.807) is 0 Å². The number of nitrogens with zero attached hydrogens (tertiary/aromatic N) is 1.